The molecule has 1 heterocycles. The van der Waals surface area contributed by atoms with Gasteiger partial charge in [-0.25, -0.2) is 4.68 Å². The molecule has 1 aromatic carbocycles. The minimum Gasteiger partial charge on any atom is -0.481 e. The minimum atomic E-state index is -0.912. The van der Waals surface area contributed by atoms with Crippen LogP contribution in [0.2, 0.25) is 0 Å². The van der Waals surface area contributed by atoms with Crippen molar-refractivity contribution >= 4 is 11.9 Å². The average Bonchev–Trinajstić information content (AvgIpc) is 3.00. The third kappa shape index (κ3) is 3.33. The van der Waals surface area contributed by atoms with E-state index in [1.807, 2.05) is 25.3 Å². The molecule has 0 spiro atoms. The lowest BCUT2D eigenvalue weighted by Crippen LogP contribution is -2.33. The molecule has 0 fully saturated rings. The smallest absolute Gasteiger partial charge is 0.308 e. The standard InChI is InChI=1S/C16H19N3O3/c1-11-9-13(5-6-14(11)19-8-4-7-17-19)15(20)18(3)10-12(2)16(21)22/h4-9,12H,10H2,1-3H3,(H,21,22). The van der Waals surface area contributed by atoms with Gasteiger partial charge in [-0.05, 0) is 36.8 Å². The van der Waals surface area contributed by atoms with Gasteiger partial charge in [-0.3, -0.25) is 9.59 Å². The largest absolute Gasteiger partial charge is 0.481 e. The number of hydrogen-bond donors (Lipinski definition) is 1. The number of rotatable bonds is 5. The molecular formula is C16H19N3O3. The fraction of sp³-hybridized carbons (Fsp3) is 0.312. The van der Waals surface area contributed by atoms with Crippen molar-refractivity contribution in [3.8, 4) is 5.69 Å². The second kappa shape index (κ2) is 6.43. The summed E-state index contributed by atoms with van der Waals surface area (Å²) in [6, 6.07) is 7.19. The first-order valence-electron chi connectivity index (χ1n) is 6.99. The number of benzene rings is 1. The fourth-order valence-corrected chi connectivity index (χ4v) is 2.25. The zero-order valence-electron chi connectivity index (χ0n) is 12.9. The average molecular weight is 301 g/mol. The van der Waals surface area contributed by atoms with Crippen LogP contribution in [0.15, 0.2) is 36.7 Å². The van der Waals surface area contributed by atoms with E-state index in [2.05, 4.69) is 5.10 Å². The van der Waals surface area contributed by atoms with Crippen molar-refractivity contribution in [3.05, 3.63) is 47.8 Å². The molecule has 1 aromatic heterocycles. The predicted octanol–water partition coefficient (Wildman–Crippen LogP) is 1.97. The number of carbonyl (C=O) groups is 2. The van der Waals surface area contributed by atoms with E-state index in [-0.39, 0.29) is 12.5 Å². The van der Waals surface area contributed by atoms with Gasteiger partial charge in [-0.2, -0.15) is 5.10 Å². The minimum absolute atomic E-state index is 0.175. The Balaban J connectivity index is 2.17. The lowest BCUT2D eigenvalue weighted by molar-refractivity contribution is -0.141. The highest BCUT2D eigenvalue weighted by molar-refractivity contribution is 5.94. The molecule has 6 nitrogen and oxygen atoms in total. The third-order valence-electron chi connectivity index (χ3n) is 3.51. The number of aromatic nitrogens is 2. The molecule has 1 atom stereocenters. The van der Waals surface area contributed by atoms with Crippen molar-refractivity contribution < 1.29 is 14.7 Å². The molecule has 0 aliphatic heterocycles. The topological polar surface area (TPSA) is 75.4 Å². The van der Waals surface area contributed by atoms with E-state index in [9.17, 15) is 9.59 Å². The summed E-state index contributed by atoms with van der Waals surface area (Å²) in [4.78, 5) is 24.7. The highest BCUT2D eigenvalue weighted by Crippen LogP contribution is 2.16. The molecule has 116 valence electrons. The van der Waals surface area contributed by atoms with E-state index in [1.54, 1.807) is 37.0 Å². The molecule has 0 saturated carbocycles. The van der Waals surface area contributed by atoms with Gasteiger partial charge in [0, 0.05) is 31.5 Å². The van der Waals surface area contributed by atoms with Crippen molar-refractivity contribution in [2.75, 3.05) is 13.6 Å². The first kappa shape index (κ1) is 15.8. The van der Waals surface area contributed by atoms with Crippen LogP contribution in [0.5, 0.6) is 0 Å². The maximum atomic E-state index is 12.4. The van der Waals surface area contributed by atoms with E-state index in [0.717, 1.165) is 11.3 Å². The molecule has 0 saturated heterocycles. The lowest BCUT2D eigenvalue weighted by atomic mass is 10.1. The van der Waals surface area contributed by atoms with Crippen LogP contribution in [0.25, 0.3) is 5.69 Å². The van der Waals surface area contributed by atoms with E-state index < -0.39 is 11.9 Å². The van der Waals surface area contributed by atoms with Crippen LogP contribution in [-0.4, -0.2) is 45.3 Å². The second-order valence-electron chi connectivity index (χ2n) is 5.38. The van der Waals surface area contributed by atoms with E-state index in [1.165, 1.54) is 4.90 Å². The Bertz CT molecular complexity index is 680. The number of carbonyl (C=O) groups excluding carboxylic acids is 1. The van der Waals surface area contributed by atoms with Crippen LogP contribution in [0.3, 0.4) is 0 Å². The monoisotopic (exact) mass is 301 g/mol. The molecule has 2 rings (SSSR count). The van der Waals surface area contributed by atoms with Gasteiger partial charge in [-0.1, -0.05) is 6.92 Å². The zero-order chi connectivity index (χ0) is 16.3. The van der Waals surface area contributed by atoms with Crippen molar-refractivity contribution in [2.45, 2.75) is 13.8 Å². The van der Waals surface area contributed by atoms with Crippen LogP contribution >= 0.6 is 0 Å². The Morgan fingerprint density at radius 3 is 2.68 bits per heavy atom. The van der Waals surface area contributed by atoms with Gasteiger partial charge in [0.2, 0.25) is 0 Å². The summed E-state index contributed by atoms with van der Waals surface area (Å²) in [7, 11) is 1.61. The van der Waals surface area contributed by atoms with Gasteiger partial charge in [0.05, 0.1) is 11.6 Å². The van der Waals surface area contributed by atoms with Gasteiger partial charge < -0.3 is 10.0 Å². The van der Waals surface area contributed by atoms with Crippen molar-refractivity contribution in [1.29, 1.82) is 0 Å². The SMILES string of the molecule is Cc1cc(C(=O)N(C)CC(C)C(=O)O)ccc1-n1cccn1. The number of nitrogens with zero attached hydrogens (tertiary/aromatic N) is 3. The highest BCUT2D eigenvalue weighted by atomic mass is 16.4. The Labute approximate surface area is 129 Å². The number of aryl methyl sites for hydroxylation is 1. The molecule has 0 bridgehead atoms. The maximum Gasteiger partial charge on any atom is 0.308 e. The molecule has 1 N–H and O–H groups in total. The first-order chi connectivity index (χ1) is 10.4. The van der Waals surface area contributed by atoms with Crippen LogP contribution in [0.1, 0.15) is 22.8 Å². The summed E-state index contributed by atoms with van der Waals surface area (Å²) in [6.07, 6.45) is 3.53. The molecule has 2 aromatic rings. The number of hydrogen-bond acceptors (Lipinski definition) is 3. The van der Waals surface area contributed by atoms with Crippen LogP contribution < -0.4 is 0 Å². The lowest BCUT2D eigenvalue weighted by Gasteiger charge is -2.20. The maximum absolute atomic E-state index is 12.4. The van der Waals surface area contributed by atoms with Gasteiger partial charge in [-0.15, -0.1) is 0 Å². The van der Waals surface area contributed by atoms with Crippen LogP contribution in [0.4, 0.5) is 0 Å². The van der Waals surface area contributed by atoms with Crippen molar-refractivity contribution in [2.24, 2.45) is 5.92 Å². The Morgan fingerprint density at radius 2 is 2.14 bits per heavy atom. The normalized spacial score (nSPS) is 12.0. The predicted molar refractivity (Wildman–Crippen MR) is 82.1 cm³/mol. The zero-order valence-corrected chi connectivity index (χ0v) is 12.9. The number of carboxylic acid groups (broad SMARTS) is 1. The first-order valence-corrected chi connectivity index (χ1v) is 6.99. The molecule has 1 amide bonds. The highest BCUT2D eigenvalue weighted by Gasteiger charge is 2.19. The fourth-order valence-electron chi connectivity index (χ4n) is 2.25. The quantitative estimate of drug-likeness (QED) is 0.916. The summed E-state index contributed by atoms with van der Waals surface area (Å²) in [5.41, 5.74) is 2.37. The number of amides is 1. The molecular weight excluding hydrogens is 282 g/mol. The Hall–Kier alpha value is -2.63. The number of carboxylic acids is 1. The van der Waals surface area contributed by atoms with Crippen LogP contribution in [0, 0.1) is 12.8 Å². The second-order valence-corrected chi connectivity index (χ2v) is 5.38. The molecule has 22 heavy (non-hydrogen) atoms. The summed E-state index contributed by atoms with van der Waals surface area (Å²) in [6.45, 7) is 3.67. The molecule has 1 unspecified atom stereocenters. The molecule has 6 heteroatoms. The van der Waals surface area contributed by atoms with Gasteiger partial charge in [0.25, 0.3) is 5.91 Å². The summed E-state index contributed by atoms with van der Waals surface area (Å²) in [5, 5.41) is 13.1. The third-order valence-corrected chi connectivity index (χ3v) is 3.51. The van der Waals surface area contributed by atoms with Gasteiger partial charge >= 0.3 is 5.97 Å². The van der Waals surface area contributed by atoms with Gasteiger partial charge in [0.1, 0.15) is 0 Å². The molecule has 0 radical (unpaired) electrons. The summed E-state index contributed by atoms with van der Waals surface area (Å²) in [5.74, 6) is -1.70. The van der Waals surface area contributed by atoms with Crippen molar-refractivity contribution in [3.63, 3.8) is 0 Å². The summed E-state index contributed by atoms with van der Waals surface area (Å²) < 4.78 is 1.74. The Kier molecular flexibility index (Phi) is 4.60. The van der Waals surface area contributed by atoms with E-state index in [4.69, 9.17) is 5.11 Å². The molecule has 0 aliphatic rings. The molecule has 0 aliphatic carbocycles. The van der Waals surface area contributed by atoms with E-state index >= 15 is 0 Å². The van der Waals surface area contributed by atoms with E-state index in [0.29, 0.717) is 5.56 Å². The Morgan fingerprint density at radius 1 is 1.41 bits per heavy atom. The summed E-state index contributed by atoms with van der Waals surface area (Å²) >= 11 is 0. The number of aliphatic carboxylic acids is 1. The van der Waals surface area contributed by atoms with Gasteiger partial charge in [0.15, 0.2) is 0 Å². The van der Waals surface area contributed by atoms with Crippen molar-refractivity contribution in [1.82, 2.24) is 14.7 Å². The van der Waals surface area contributed by atoms with Crippen LogP contribution in [-0.2, 0) is 4.79 Å².